The largest absolute Gasteiger partial charge is 0.493 e. The Morgan fingerprint density at radius 2 is 2.10 bits per heavy atom. The van der Waals surface area contributed by atoms with Crippen molar-refractivity contribution in [3.63, 3.8) is 0 Å². The number of methoxy groups -OCH3 is 1. The summed E-state index contributed by atoms with van der Waals surface area (Å²) >= 11 is 3.54. The number of halogens is 1. The zero-order valence-electron chi connectivity index (χ0n) is 12.3. The van der Waals surface area contributed by atoms with Crippen LogP contribution >= 0.6 is 15.9 Å². The molecule has 114 valence electrons. The van der Waals surface area contributed by atoms with Crippen LogP contribution in [-0.2, 0) is 13.1 Å². The maximum Gasteiger partial charge on any atom is 0.243 e. The Hall–Kier alpha value is -1.83. The summed E-state index contributed by atoms with van der Waals surface area (Å²) in [4.78, 5) is 0. The van der Waals surface area contributed by atoms with E-state index in [9.17, 15) is 0 Å². The van der Waals surface area contributed by atoms with E-state index in [1.165, 1.54) is 0 Å². The van der Waals surface area contributed by atoms with E-state index in [0.29, 0.717) is 31.4 Å². The molecule has 0 aliphatic carbocycles. The van der Waals surface area contributed by atoms with Crippen molar-refractivity contribution in [3.8, 4) is 11.5 Å². The van der Waals surface area contributed by atoms with Crippen LogP contribution in [0.2, 0.25) is 0 Å². The molecule has 0 aliphatic heterocycles. The lowest BCUT2D eigenvalue weighted by atomic mass is 10.2. The van der Waals surface area contributed by atoms with Gasteiger partial charge in [0.15, 0.2) is 11.5 Å². The molecule has 0 saturated carbocycles. The standard InChI is InChI=1S/C13H18BrN5O2/c1-4-19-13(16-17-18-19)15-8-9-6-12(21-5-2)11(20-3)7-10(9)14/h6-7H,4-5,8H2,1-3H3,(H,15,16,18). The number of nitrogens with one attached hydrogen (secondary N) is 1. The van der Waals surface area contributed by atoms with Crippen LogP contribution in [-0.4, -0.2) is 33.9 Å². The van der Waals surface area contributed by atoms with Gasteiger partial charge in [-0.1, -0.05) is 21.0 Å². The molecular formula is C13H18BrN5O2. The van der Waals surface area contributed by atoms with Crippen LogP contribution in [0.15, 0.2) is 16.6 Å². The molecule has 0 bridgehead atoms. The molecule has 8 heteroatoms. The molecule has 0 saturated heterocycles. The molecule has 2 aromatic rings. The maximum absolute atomic E-state index is 5.59. The number of rotatable bonds is 7. The Balaban J connectivity index is 2.17. The summed E-state index contributed by atoms with van der Waals surface area (Å²) in [7, 11) is 1.62. The SMILES string of the molecule is CCOc1cc(CNc2nnnn2CC)c(Br)cc1OC. The van der Waals surface area contributed by atoms with Crippen molar-refractivity contribution in [1.82, 2.24) is 20.2 Å². The van der Waals surface area contributed by atoms with Gasteiger partial charge in [-0.2, -0.15) is 0 Å². The van der Waals surface area contributed by atoms with Crippen LogP contribution in [0.25, 0.3) is 0 Å². The van der Waals surface area contributed by atoms with Gasteiger partial charge in [0.2, 0.25) is 5.95 Å². The van der Waals surface area contributed by atoms with Gasteiger partial charge >= 0.3 is 0 Å². The molecule has 1 aromatic heterocycles. The number of hydrogen-bond donors (Lipinski definition) is 1. The highest BCUT2D eigenvalue weighted by molar-refractivity contribution is 9.10. The lowest BCUT2D eigenvalue weighted by Crippen LogP contribution is -2.08. The monoisotopic (exact) mass is 355 g/mol. The minimum Gasteiger partial charge on any atom is -0.493 e. The molecule has 0 spiro atoms. The Bertz CT molecular complexity index is 602. The van der Waals surface area contributed by atoms with E-state index in [4.69, 9.17) is 9.47 Å². The molecule has 0 amide bonds. The van der Waals surface area contributed by atoms with Gasteiger partial charge in [-0.25, -0.2) is 4.68 Å². The van der Waals surface area contributed by atoms with Crippen LogP contribution in [0.4, 0.5) is 5.95 Å². The summed E-state index contributed by atoms with van der Waals surface area (Å²) in [5.41, 5.74) is 1.03. The Kier molecular flexibility index (Phi) is 5.38. The second kappa shape index (κ2) is 7.26. The van der Waals surface area contributed by atoms with Crippen LogP contribution < -0.4 is 14.8 Å². The summed E-state index contributed by atoms with van der Waals surface area (Å²) in [6, 6.07) is 3.84. The molecule has 21 heavy (non-hydrogen) atoms. The molecule has 1 heterocycles. The van der Waals surface area contributed by atoms with Crippen LogP contribution in [0.5, 0.6) is 11.5 Å². The number of aromatic nitrogens is 4. The molecule has 7 nitrogen and oxygen atoms in total. The molecule has 0 radical (unpaired) electrons. The molecule has 1 N–H and O–H groups in total. The van der Waals surface area contributed by atoms with E-state index < -0.39 is 0 Å². The Labute approximate surface area is 131 Å². The molecule has 2 rings (SSSR count). The fourth-order valence-electron chi connectivity index (χ4n) is 1.86. The number of nitrogens with zero attached hydrogens (tertiary/aromatic N) is 4. The van der Waals surface area contributed by atoms with E-state index >= 15 is 0 Å². The Morgan fingerprint density at radius 3 is 2.76 bits per heavy atom. The smallest absolute Gasteiger partial charge is 0.243 e. The first-order valence-corrected chi connectivity index (χ1v) is 7.48. The van der Waals surface area contributed by atoms with Gasteiger partial charge in [0.25, 0.3) is 0 Å². The summed E-state index contributed by atoms with van der Waals surface area (Å²) < 4.78 is 13.5. The van der Waals surface area contributed by atoms with E-state index in [1.54, 1.807) is 11.8 Å². The normalized spacial score (nSPS) is 10.5. The minimum absolute atomic E-state index is 0.574. The molecular weight excluding hydrogens is 338 g/mol. The third-order valence-corrected chi connectivity index (χ3v) is 3.64. The predicted molar refractivity (Wildman–Crippen MR) is 82.7 cm³/mol. The predicted octanol–water partition coefficient (Wildman–Crippen LogP) is 2.47. The van der Waals surface area contributed by atoms with E-state index in [0.717, 1.165) is 15.8 Å². The second-order valence-corrected chi connectivity index (χ2v) is 5.05. The van der Waals surface area contributed by atoms with Crippen molar-refractivity contribution in [3.05, 3.63) is 22.2 Å². The van der Waals surface area contributed by atoms with Crippen molar-refractivity contribution >= 4 is 21.9 Å². The second-order valence-electron chi connectivity index (χ2n) is 4.20. The topological polar surface area (TPSA) is 74.1 Å². The van der Waals surface area contributed by atoms with Crippen molar-refractivity contribution < 1.29 is 9.47 Å². The lowest BCUT2D eigenvalue weighted by Gasteiger charge is -2.13. The first kappa shape index (κ1) is 15.6. The van der Waals surface area contributed by atoms with Gasteiger partial charge < -0.3 is 14.8 Å². The van der Waals surface area contributed by atoms with Crippen LogP contribution in [0.1, 0.15) is 19.4 Å². The quantitative estimate of drug-likeness (QED) is 0.822. The highest BCUT2D eigenvalue weighted by Gasteiger charge is 2.11. The highest BCUT2D eigenvalue weighted by atomic mass is 79.9. The van der Waals surface area contributed by atoms with Crippen LogP contribution in [0.3, 0.4) is 0 Å². The zero-order chi connectivity index (χ0) is 15.2. The average molecular weight is 356 g/mol. The first-order valence-electron chi connectivity index (χ1n) is 6.68. The Morgan fingerprint density at radius 1 is 1.29 bits per heavy atom. The fourth-order valence-corrected chi connectivity index (χ4v) is 2.32. The van der Waals surface area contributed by atoms with Gasteiger partial charge in [0, 0.05) is 17.6 Å². The van der Waals surface area contributed by atoms with Gasteiger partial charge in [-0.3, -0.25) is 0 Å². The van der Waals surface area contributed by atoms with Gasteiger partial charge in [-0.05, 0) is 42.0 Å². The molecule has 0 fully saturated rings. The number of benzene rings is 1. The maximum atomic E-state index is 5.59. The number of anilines is 1. The minimum atomic E-state index is 0.574. The van der Waals surface area contributed by atoms with Crippen molar-refractivity contribution in [2.45, 2.75) is 26.9 Å². The fraction of sp³-hybridized carbons (Fsp3) is 0.462. The van der Waals surface area contributed by atoms with Gasteiger partial charge in [0.1, 0.15) is 0 Å². The molecule has 1 aromatic carbocycles. The third-order valence-electron chi connectivity index (χ3n) is 2.90. The summed E-state index contributed by atoms with van der Waals surface area (Å²) in [5, 5.41) is 14.7. The summed E-state index contributed by atoms with van der Waals surface area (Å²) in [5.74, 6) is 2.05. The van der Waals surface area contributed by atoms with Crippen LogP contribution in [0, 0.1) is 0 Å². The average Bonchev–Trinajstić information content (AvgIpc) is 2.95. The zero-order valence-corrected chi connectivity index (χ0v) is 13.8. The van der Waals surface area contributed by atoms with E-state index in [-0.39, 0.29) is 0 Å². The van der Waals surface area contributed by atoms with Crippen molar-refractivity contribution in [2.24, 2.45) is 0 Å². The van der Waals surface area contributed by atoms with E-state index in [2.05, 4.69) is 36.8 Å². The summed E-state index contributed by atoms with van der Waals surface area (Å²) in [6.07, 6.45) is 0. The van der Waals surface area contributed by atoms with Gasteiger partial charge in [-0.15, -0.1) is 0 Å². The number of tetrazole rings is 1. The number of ether oxygens (including phenoxy) is 2. The van der Waals surface area contributed by atoms with E-state index in [1.807, 2.05) is 26.0 Å². The molecule has 0 atom stereocenters. The molecule has 0 aliphatic rings. The van der Waals surface area contributed by atoms with Crippen molar-refractivity contribution in [1.29, 1.82) is 0 Å². The molecule has 0 unspecified atom stereocenters. The summed E-state index contributed by atoms with van der Waals surface area (Å²) in [6.45, 7) is 5.79. The first-order chi connectivity index (χ1) is 10.2. The van der Waals surface area contributed by atoms with Crippen molar-refractivity contribution in [2.75, 3.05) is 19.0 Å². The number of aryl methyl sites for hydroxylation is 1. The van der Waals surface area contributed by atoms with Gasteiger partial charge in [0.05, 0.1) is 13.7 Å². The lowest BCUT2D eigenvalue weighted by molar-refractivity contribution is 0.310. The third kappa shape index (κ3) is 3.63. The number of hydrogen-bond acceptors (Lipinski definition) is 6. The highest BCUT2D eigenvalue weighted by Crippen LogP contribution is 2.33.